The van der Waals surface area contributed by atoms with E-state index in [-0.39, 0.29) is 0 Å². The number of hydrogen-bond donors (Lipinski definition) is 0. The molecule has 0 aliphatic rings. The minimum Gasteiger partial charge on any atom is -0.228 e. The second-order valence-corrected chi connectivity index (χ2v) is 25.2. The third-order valence-corrected chi connectivity index (χ3v) is 18.3. The molecule has 448 valence electrons. The van der Waals surface area contributed by atoms with E-state index in [4.69, 9.17) is 9.97 Å². The minimum absolute atomic E-state index is 0.792. The molecule has 0 unspecified atom stereocenters. The summed E-state index contributed by atoms with van der Waals surface area (Å²) in [7, 11) is 0. The van der Waals surface area contributed by atoms with Gasteiger partial charge in [0.05, 0.1) is 11.4 Å². The van der Waals surface area contributed by atoms with Crippen molar-refractivity contribution in [3.63, 3.8) is 0 Å². The number of unbranched alkanes of at least 4 members (excludes halogenated alkanes) is 20. The van der Waals surface area contributed by atoms with Crippen molar-refractivity contribution in [1.82, 2.24) is 9.97 Å². The van der Waals surface area contributed by atoms with E-state index in [9.17, 15) is 0 Å². The maximum atomic E-state index is 5.92. The molecule has 0 spiro atoms. The van der Waals surface area contributed by atoms with Gasteiger partial charge in [0.1, 0.15) is 0 Å². The lowest BCUT2D eigenvalue weighted by Gasteiger charge is -2.21. The van der Waals surface area contributed by atoms with E-state index in [1.165, 1.54) is 241 Å². The van der Waals surface area contributed by atoms with Gasteiger partial charge in [-0.1, -0.05) is 295 Å². The molecule has 0 fully saturated rings. The lowest BCUT2D eigenvalue weighted by molar-refractivity contribution is 0.605. The average molecular weight is 1140 g/mol. The molecule has 2 nitrogen and oxygen atoms in total. The summed E-state index contributed by atoms with van der Waals surface area (Å²) in [6, 6.07) is 64.8. The van der Waals surface area contributed by atoms with Crippen molar-refractivity contribution in [1.29, 1.82) is 0 Å². The standard InChI is InChI=1S/C84H102N2/c1-7-11-15-19-23-29-43-68-59-80(69(55-64(68)6)44-30-24-20-16-12-8-2)82-62-83(86-84(85-82)74-57-72(65-39-33-27-34-40-65)56-73(58-74)66-41-35-28-36-42-66)81-61-70(45-31-25-21-17-13-9-3)79(60-71(81)46-32-26-22-18-14-10-4)78-50-38-48-76-75(47-37-49-77(76)78)67-53-51-63(5)52-54-67/h27-28,33-42,47-62H,7-26,29-32,43-46H2,1-6H3. The second-order valence-electron chi connectivity index (χ2n) is 25.2. The molecule has 9 aromatic rings. The van der Waals surface area contributed by atoms with E-state index in [1.807, 2.05) is 0 Å². The molecule has 0 amide bonds. The maximum absolute atomic E-state index is 5.92. The lowest BCUT2D eigenvalue weighted by Crippen LogP contribution is -2.04. The smallest absolute Gasteiger partial charge is 0.160 e. The molecule has 0 bridgehead atoms. The average Bonchev–Trinajstić information content (AvgIpc) is 1.49. The zero-order valence-corrected chi connectivity index (χ0v) is 53.9. The SMILES string of the molecule is CCCCCCCCc1cc(-c2cc(-c3cc(CCCCCCCC)c(-c4cccc5c(-c6ccc(C)cc6)cccc45)cc3CCCCCCCC)nc(-c3cc(-c4ccccc4)cc(-c4ccccc4)c3)n2)c(CCCCCCCC)cc1C. The Labute approximate surface area is 520 Å². The molecular weight excluding hydrogens is 1040 g/mol. The Hall–Kier alpha value is -6.90. The maximum Gasteiger partial charge on any atom is 0.160 e. The highest BCUT2D eigenvalue weighted by Gasteiger charge is 2.22. The van der Waals surface area contributed by atoms with Gasteiger partial charge in [0.2, 0.25) is 0 Å². The van der Waals surface area contributed by atoms with Crippen molar-refractivity contribution < 1.29 is 0 Å². The van der Waals surface area contributed by atoms with Gasteiger partial charge in [-0.2, -0.15) is 0 Å². The van der Waals surface area contributed by atoms with Crippen molar-refractivity contribution >= 4 is 10.8 Å². The Morgan fingerprint density at radius 3 is 1.13 bits per heavy atom. The summed E-state index contributed by atoms with van der Waals surface area (Å²) in [5, 5.41) is 2.63. The summed E-state index contributed by atoms with van der Waals surface area (Å²) in [6.07, 6.45) is 34.6. The Morgan fingerprint density at radius 2 is 0.640 bits per heavy atom. The van der Waals surface area contributed by atoms with Crippen LogP contribution in [0.25, 0.3) is 89.2 Å². The van der Waals surface area contributed by atoms with E-state index in [0.717, 1.165) is 61.3 Å². The molecule has 0 atom stereocenters. The van der Waals surface area contributed by atoms with Gasteiger partial charge in [-0.15, -0.1) is 0 Å². The normalized spacial score (nSPS) is 11.5. The molecule has 0 aliphatic carbocycles. The van der Waals surface area contributed by atoms with Crippen LogP contribution >= 0.6 is 0 Å². The lowest BCUT2D eigenvalue weighted by atomic mass is 9.85. The Morgan fingerprint density at radius 1 is 0.256 bits per heavy atom. The highest BCUT2D eigenvalue weighted by molar-refractivity contribution is 6.05. The van der Waals surface area contributed by atoms with Crippen LogP contribution in [0, 0.1) is 13.8 Å². The van der Waals surface area contributed by atoms with Crippen LogP contribution in [0.4, 0.5) is 0 Å². The van der Waals surface area contributed by atoms with Crippen LogP contribution in [0.3, 0.4) is 0 Å². The van der Waals surface area contributed by atoms with Gasteiger partial charge in [0.15, 0.2) is 5.82 Å². The molecule has 9 rings (SSSR count). The van der Waals surface area contributed by atoms with E-state index >= 15 is 0 Å². The first-order chi connectivity index (χ1) is 42.3. The highest BCUT2D eigenvalue weighted by Crippen LogP contribution is 2.42. The molecule has 0 saturated carbocycles. The van der Waals surface area contributed by atoms with Crippen LogP contribution < -0.4 is 0 Å². The number of benzene rings is 8. The van der Waals surface area contributed by atoms with Crippen molar-refractivity contribution in [3.05, 3.63) is 203 Å². The number of aryl methyl sites for hydroxylation is 6. The number of hydrogen-bond acceptors (Lipinski definition) is 2. The first kappa shape index (κ1) is 63.6. The number of fused-ring (bicyclic) bond motifs is 1. The first-order valence-corrected chi connectivity index (χ1v) is 34.4. The third-order valence-electron chi connectivity index (χ3n) is 18.3. The summed E-state index contributed by atoms with van der Waals surface area (Å²) >= 11 is 0. The topological polar surface area (TPSA) is 25.8 Å². The summed E-state index contributed by atoms with van der Waals surface area (Å²) < 4.78 is 0. The van der Waals surface area contributed by atoms with E-state index in [0.29, 0.717) is 0 Å². The monoisotopic (exact) mass is 1140 g/mol. The predicted octanol–water partition coefficient (Wildman–Crippen LogP) is 25.5. The van der Waals surface area contributed by atoms with Gasteiger partial charge in [0, 0.05) is 16.7 Å². The van der Waals surface area contributed by atoms with Crippen LogP contribution in [-0.2, 0) is 25.7 Å². The van der Waals surface area contributed by atoms with Crippen molar-refractivity contribution in [2.75, 3.05) is 0 Å². The number of aromatic nitrogens is 2. The molecule has 0 radical (unpaired) electrons. The predicted molar refractivity (Wildman–Crippen MR) is 375 cm³/mol. The molecule has 0 aliphatic heterocycles. The summed E-state index contributed by atoms with van der Waals surface area (Å²) in [4.78, 5) is 11.8. The highest BCUT2D eigenvalue weighted by atomic mass is 14.9. The Balaban J connectivity index is 1.28. The Kier molecular flexibility index (Phi) is 25.0. The Bertz CT molecular complexity index is 3440. The van der Waals surface area contributed by atoms with Crippen LogP contribution in [0.5, 0.6) is 0 Å². The summed E-state index contributed by atoms with van der Waals surface area (Å²) in [6.45, 7) is 13.8. The van der Waals surface area contributed by atoms with Crippen LogP contribution in [0.2, 0.25) is 0 Å². The molecule has 2 heteroatoms. The minimum atomic E-state index is 0.792. The van der Waals surface area contributed by atoms with Gasteiger partial charge in [-0.3, -0.25) is 0 Å². The fourth-order valence-corrected chi connectivity index (χ4v) is 13.2. The summed E-state index contributed by atoms with van der Waals surface area (Å²) in [5.41, 5.74) is 24.1. The van der Waals surface area contributed by atoms with Crippen LogP contribution in [0.1, 0.15) is 215 Å². The van der Waals surface area contributed by atoms with Gasteiger partial charge in [-0.05, 0) is 185 Å². The van der Waals surface area contributed by atoms with Gasteiger partial charge in [-0.25, -0.2) is 9.97 Å². The quantitative estimate of drug-likeness (QED) is 0.0370. The van der Waals surface area contributed by atoms with Gasteiger partial charge < -0.3 is 0 Å². The van der Waals surface area contributed by atoms with Crippen LogP contribution in [0.15, 0.2) is 170 Å². The molecule has 86 heavy (non-hydrogen) atoms. The van der Waals surface area contributed by atoms with E-state index < -0.39 is 0 Å². The second kappa shape index (κ2) is 33.9. The van der Waals surface area contributed by atoms with Gasteiger partial charge >= 0.3 is 0 Å². The third kappa shape index (κ3) is 17.6. The molecule has 0 saturated heterocycles. The molecule has 8 aromatic carbocycles. The zero-order chi connectivity index (χ0) is 59.7. The molecule has 1 heterocycles. The fourth-order valence-electron chi connectivity index (χ4n) is 13.2. The van der Waals surface area contributed by atoms with E-state index in [2.05, 4.69) is 211 Å². The largest absolute Gasteiger partial charge is 0.228 e. The summed E-state index contributed by atoms with van der Waals surface area (Å²) in [5.74, 6) is 0.792. The van der Waals surface area contributed by atoms with Crippen molar-refractivity contribution in [2.45, 2.75) is 221 Å². The fraction of sp³-hybridized carbons (Fsp3) is 0.405. The molecule has 1 aromatic heterocycles. The van der Waals surface area contributed by atoms with Gasteiger partial charge in [0.25, 0.3) is 0 Å². The zero-order valence-electron chi connectivity index (χ0n) is 53.9. The number of rotatable bonds is 35. The first-order valence-electron chi connectivity index (χ1n) is 34.4. The molecular formula is C84H102N2. The number of nitrogens with zero attached hydrogens (tertiary/aromatic N) is 2. The van der Waals surface area contributed by atoms with E-state index in [1.54, 1.807) is 0 Å². The van der Waals surface area contributed by atoms with Crippen molar-refractivity contribution in [3.8, 4) is 78.4 Å². The van der Waals surface area contributed by atoms with Crippen LogP contribution in [-0.4, -0.2) is 9.97 Å². The molecule has 0 N–H and O–H groups in total. The van der Waals surface area contributed by atoms with Crippen molar-refractivity contribution in [2.24, 2.45) is 0 Å².